The third kappa shape index (κ3) is 7.25. The Kier molecular flexibility index (Phi) is 10.4. The first-order valence-electron chi connectivity index (χ1n) is 16.9. The predicted molar refractivity (Wildman–Crippen MR) is 188 cm³/mol. The zero-order valence-corrected chi connectivity index (χ0v) is 29.9. The van der Waals surface area contributed by atoms with Crippen LogP contribution in [0.25, 0.3) is 0 Å². The Balaban J connectivity index is 1.39. The van der Waals surface area contributed by atoms with E-state index in [9.17, 15) is 13.8 Å². The first-order valence-corrected chi connectivity index (χ1v) is 19.0. The number of nitrogens with one attached hydrogen (secondary N) is 1. The first kappa shape index (κ1) is 34.7. The topological polar surface area (TPSA) is 110 Å². The highest BCUT2D eigenvalue weighted by Gasteiger charge is 2.42. The lowest BCUT2D eigenvalue weighted by molar-refractivity contribution is -0.00645. The number of fused-ring (bicyclic) bond motifs is 3. The number of benzene rings is 2. The van der Waals surface area contributed by atoms with Crippen LogP contribution in [0.1, 0.15) is 61.0 Å². The summed E-state index contributed by atoms with van der Waals surface area (Å²) in [5.74, 6) is 0.484. The van der Waals surface area contributed by atoms with Gasteiger partial charge in [0.15, 0.2) is 0 Å². The third-order valence-electron chi connectivity index (χ3n) is 10.5. The molecule has 3 amide bonds. The van der Waals surface area contributed by atoms with E-state index in [4.69, 9.17) is 25.8 Å². The van der Waals surface area contributed by atoms with Crippen LogP contribution in [0.15, 0.2) is 52.9 Å². The van der Waals surface area contributed by atoms with Gasteiger partial charge in [-0.2, -0.15) is 0 Å². The van der Waals surface area contributed by atoms with Crippen molar-refractivity contribution < 1.29 is 28.0 Å². The van der Waals surface area contributed by atoms with Crippen molar-refractivity contribution in [2.45, 2.75) is 63.6 Å². The number of hydrogen-bond donors (Lipinski definition) is 1. The van der Waals surface area contributed by atoms with E-state index in [1.165, 1.54) is 16.0 Å². The number of ether oxygens (including phenoxy) is 3. The van der Waals surface area contributed by atoms with E-state index in [1.807, 2.05) is 24.3 Å². The molecule has 260 valence electrons. The maximum absolute atomic E-state index is 14.2. The second-order valence-electron chi connectivity index (χ2n) is 13.8. The predicted octanol–water partition coefficient (Wildman–Crippen LogP) is 6.01. The van der Waals surface area contributed by atoms with Crippen molar-refractivity contribution in [1.29, 1.82) is 0 Å². The molecule has 1 aliphatic carbocycles. The van der Waals surface area contributed by atoms with Gasteiger partial charge in [-0.1, -0.05) is 43.7 Å². The summed E-state index contributed by atoms with van der Waals surface area (Å²) in [6.45, 7) is 7.13. The highest BCUT2D eigenvalue weighted by molar-refractivity contribution is 7.92. The van der Waals surface area contributed by atoms with Crippen LogP contribution in [0, 0.1) is 11.8 Å². The summed E-state index contributed by atoms with van der Waals surface area (Å²) in [6.07, 6.45) is 7.95. The van der Waals surface area contributed by atoms with Crippen molar-refractivity contribution >= 4 is 39.1 Å². The van der Waals surface area contributed by atoms with E-state index in [1.54, 1.807) is 20.3 Å². The smallest absolute Gasteiger partial charge is 0.330 e. The molecule has 1 spiro atoms. The summed E-state index contributed by atoms with van der Waals surface area (Å²) in [5, 5.41) is 0.735. The second-order valence-corrected chi connectivity index (χ2v) is 16.3. The number of nitrogens with zero attached hydrogens (tertiary/aromatic N) is 3. The number of aryl methyl sites for hydroxylation is 1. The number of likely N-dealkylation sites (tertiary alicyclic amines) is 1. The number of methoxy groups -OCH3 is 2. The largest absolute Gasteiger partial charge is 0.490 e. The molecule has 1 unspecified atom stereocenters. The third-order valence-corrected chi connectivity index (χ3v) is 12.6. The SMILES string of the molecule is COC1CN(C(=O)NS2(=O)=NC(=O)c3ccc4c(c3)N(C[C@H](C)[C@@H](C)[C@@H](OC)/C=C/CCC2)C[C@@]2(CCCc3cc(Cl)ccc32)CO4)C1. The fourth-order valence-corrected chi connectivity index (χ4v) is 9.21. The summed E-state index contributed by atoms with van der Waals surface area (Å²) in [7, 11) is -0.104. The second kappa shape index (κ2) is 14.4. The molecule has 3 heterocycles. The summed E-state index contributed by atoms with van der Waals surface area (Å²) >= 11 is 6.43. The molecule has 2 aromatic rings. The van der Waals surface area contributed by atoms with Crippen LogP contribution in [-0.4, -0.2) is 86.0 Å². The van der Waals surface area contributed by atoms with Crippen molar-refractivity contribution in [3.05, 3.63) is 70.3 Å². The van der Waals surface area contributed by atoms with Crippen LogP contribution >= 0.6 is 11.6 Å². The molecule has 0 radical (unpaired) electrons. The molecule has 3 aliphatic heterocycles. The van der Waals surface area contributed by atoms with E-state index >= 15 is 0 Å². The zero-order chi connectivity index (χ0) is 34.1. The van der Waals surface area contributed by atoms with E-state index in [0.29, 0.717) is 56.9 Å². The molecule has 1 fully saturated rings. The van der Waals surface area contributed by atoms with Crippen LogP contribution in [0.3, 0.4) is 0 Å². The molecule has 4 aliphatic rings. The summed E-state index contributed by atoms with van der Waals surface area (Å²) < 4.78 is 38.8. The van der Waals surface area contributed by atoms with Crippen LogP contribution in [0.5, 0.6) is 5.75 Å². The van der Waals surface area contributed by atoms with E-state index in [2.05, 4.69) is 46.0 Å². The molecule has 2 bridgehead atoms. The number of carbonyl (C=O) groups is 2. The van der Waals surface area contributed by atoms with Gasteiger partial charge in [-0.15, -0.1) is 4.36 Å². The maximum Gasteiger partial charge on any atom is 0.330 e. The van der Waals surface area contributed by atoms with Crippen molar-refractivity contribution in [2.75, 3.05) is 57.7 Å². The minimum Gasteiger partial charge on any atom is -0.490 e. The number of amides is 3. The molecule has 1 N–H and O–H groups in total. The molecule has 0 aromatic heterocycles. The molecule has 1 saturated heterocycles. The van der Waals surface area contributed by atoms with E-state index < -0.39 is 21.9 Å². The van der Waals surface area contributed by atoms with Gasteiger partial charge in [-0.25, -0.2) is 9.00 Å². The Hall–Kier alpha value is -3.12. The van der Waals surface area contributed by atoms with Gasteiger partial charge in [0, 0.05) is 43.3 Å². The Morgan fingerprint density at radius 3 is 2.69 bits per heavy atom. The lowest BCUT2D eigenvalue weighted by Crippen LogP contribution is -2.58. The highest BCUT2D eigenvalue weighted by atomic mass is 35.5. The standard InChI is InChI=1S/C36H47ClN4O6S/c1-24-19-41-22-36(15-8-9-26-17-28(37)12-13-30(26)36)23-47-33-14-11-27(18-31(33)41)34(42)38-48(44,39-35(43)40-20-29(21-40)45-3)16-7-5-6-10-32(46-4)25(24)2/h6,10-14,17-18,24-25,29,32H,5,7-9,15-16,19-23H2,1-4H3,(H,38,39,42,43,44)/b10-6+/t24-,25+,32-,36-,48?/m0/s1. The number of allylic oxidation sites excluding steroid dienone is 1. The maximum atomic E-state index is 14.2. The number of rotatable bonds is 3. The molecular weight excluding hydrogens is 652 g/mol. The summed E-state index contributed by atoms with van der Waals surface area (Å²) in [5.41, 5.74) is 3.34. The molecule has 2 aromatic carbocycles. The fourth-order valence-electron chi connectivity index (χ4n) is 7.44. The number of carbonyl (C=O) groups excluding carboxylic acids is 2. The monoisotopic (exact) mass is 698 g/mol. The van der Waals surface area contributed by atoms with Gasteiger partial charge in [-0.3, -0.25) is 9.52 Å². The average molecular weight is 699 g/mol. The average Bonchev–Trinajstić information content (AvgIpc) is 3.18. The van der Waals surface area contributed by atoms with Gasteiger partial charge < -0.3 is 24.0 Å². The van der Waals surface area contributed by atoms with Crippen LogP contribution < -0.4 is 14.4 Å². The van der Waals surface area contributed by atoms with Gasteiger partial charge in [0.2, 0.25) is 0 Å². The molecule has 6 rings (SSSR count). The number of urea groups is 1. The summed E-state index contributed by atoms with van der Waals surface area (Å²) in [6, 6.07) is 11.0. The van der Waals surface area contributed by atoms with Crippen LogP contribution in [0.2, 0.25) is 5.02 Å². The highest BCUT2D eigenvalue weighted by Crippen LogP contribution is 2.45. The lowest BCUT2D eigenvalue weighted by Gasteiger charge is -2.42. The van der Waals surface area contributed by atoms with Crippen molar-refractivity contribution in [3.63, 3.8) is 0 Å². The van der Waals surface area contributed by atoms with Gasteiger partial charge in [0.05, 0.1) is 43.3 Å². The molecule has 48 heavy (non-hydrogen) atoms. The van der Waals surface area contributed by atoms with Gasteiger partial charge in [-0.05, 0) is 85.4 Å². The summed E-state index contributed by atoms with van der Waals surface area (Å²) in [4.78, 5) is 30.7. The van der Waals surface area contributed by atoms with Crippen molar-refractivity contribution in [2.24, 2.45) is 16.2 Å². The van der Waals surface area contributed by atoms with E-state index in [0.717, 1.165) is 30.0 Å². The van der Waals surface area contributed by atoms with Gasteiger partial charge in [0.1, 0.15) is 15.7 Å². The number of anilines is 1. The normalized spacial score (nSPS) is 30.4. The first-order chi connectivity index (χ1) is 23.0. The van der Waals surface area contributed by atoms with Gasteiger partial charge >= 0.3 is 6.03 Å². The van der Waals surface area contributed by atoms with Crippen molar-refractivity contribution in [3.8, 4) is 5.75 Å². The van der Waals surface area contributed by atoms with Crippen LogP contribution in [-0.2, 0) is 31.2 Å². The molecule has 5 atom stereocenters. The molecule has 0 saturated carbocycles. The Morgan fingerprint density at radius 1 is 1.10 bits per heavy atom. The number of hydrogen-bond acceptors (Lipinski definition) is 7. The van der Waals surface area contributed by atoms with Gasteiger partial charge in [0.25, 0.3) is 5.91 Å². The minimum atomic E-state index is -3.43. The molecule has 12 heteroatoms. The Labute approximate surface area is 289 Å². The van der Waals surface area contributed by atoms with Crippen molar-refractivity contribution in [1.82, 2.24) is 9.62 Å². The molecular formula is C36H47ClN4O6S. The molecule has 10 nitrogen and oxygen atoms in total. The fraction of sp³-hybridized carbons (Fsp3) is 0.556. The minimum absolute atomic E-state index is 0.0338. The van der Waals surface area contributed by atoms with E-state index in [-0.39, 0.29) is 35.2 Å². The Morgan fingerprint density at radius 2 is 1.92 bits per heavy atom. The quantitative estimate of drug-likeness (QED) is 0.391. The number of halogens is 1. The Bertz CT molecular complexity index is 1690. The van der Waals surface area contributed by atoms with Crippen LogP contribution in [0.4, 0.5) is 10.5 Å². The zero-order valence-electron chi connectivity index (χ0n) is 28.3. The lowest BCUT2D eigenvalue weighted by atomic mass is 9.70.